The number of nitrogens with one attached hydrogen (secondary N) is 1. The van der Waals surface area contributed by atoms with Gasteiger partial charge in [0, 0.05) is 0 Å². The predicted molar refractivity (Wildman–Crippen MR) is 68.5 cm³/mol. The molecule has 1 fully saturated rings. The minimum absolute atomic E-state index is 0.0452. The van der Waals surface area contributed by atoms with E-state index >= 15 is 0 Å². The lowest BCUT2D eigenvalue weighted by atomic mass is 9.90. The molecular weight excluding hydrogens is 214 g/mol. The SMILES string of the molecule is Cc1cc(CC2CCCNC2)c(O)c(O)c1C. The topological polar surface area (TPSA) is 52.5 Å². The van der Waals surface area contributed by atoms with Crippen LogP contribution in [0.5, 0.6) is 11.5 Å². The standard InChI is InChI=1S/C14H21NO2/c1-9-6-12(14(17)13(16)10(9)2)7-11-4-3-5-15-8-11/h6,11,15-17H,3-5,7-8H2,1-2H3. The van der Waals surface area contributed by atoms with Crippen molar-refractivity contribution in [3.63, 3.8) is 0 Å². The van der Waals surface area contributed by atoms with Crippen molar-refractivity contribution in [1.82, 2.24) is 5.32 Å². The highest BCUT2D eigenvalue weighted by atomic mass is 16.3. The van der Waals surface area contributed by atoms with Gasteiger partial charge in [-0.25, -0.2) is 0 Å². The Morgan fingerprint density at radius 3 is 2.71 bits per heavy atom. The zero-order chi connectivity index (χ0) is 12.4. The molecular formula is C14H21NO2. The predicted octanol–water partition coefficient (Wildman–Crippen LogP) is 2.26. The number of hydrogen-bond donors (Lipinski definition) is 3. The highest BCUT2D eigenvalue weighted by Crippen LogP contribution is 2.36. The molecule has 0 radical (unpaired) electrons. The van der Waals surface area contributed by atoms with Crippen LogP contribution in [-0.4, -0.2) is 23.3 Å². The Bertz CT molecular complexity index is 409. The summed E-state index contributed by atoms with van der Waals surface area (Å²) in [4.78, 5) is 0. The zero-order valence-electron chi connectivity index (χ0n) is 10.6. The maximum atomic E-state index is 9.96. The second-order valence-electron chi connectivity index (χ2n) is 5.09. The molecule has 1 saturated heterocycles. The van der Waals surface area contributed by atoms with E-state index in [2.05, 4.69) is 5.32 Å². The monoisotopic (exact) mass is 235 g/mol. The Hall–Kier alpha value is -1.22. The van der Waals surface area contributed by atoms with Gasteiger partial charge in [0.1, 0.15) is 0 Å². The second kappa shape index (κ2) is 4.96. The highest BCUT2D eigenvalue weighted by molar-refractivity contribution is 5.53. The molecule has 3 heteroatoms. The molecule has 94 valence electrons. The maximum Gasteiger partial charge on any atom is 0.160 e. The van der Waals surface area contributed by atoms with E-state index in [1.807, 2.05) is 19.9 Å². The van der Waals surface area contributed by atoms with Crippen LogP contribution in [0.2, 0.25) is 0 Å². The van der Waals surface area contributed by atoms with Crippen molar-refractivity contribution >= 4 is 0 Å². The lowest BCUT2D eigenvalue weighted by molar-refractivity contribution is 0.361. The molecule has 0 aromatic heterocycles. The quantitative estimate of drug-likeness (QED) is 0.689. The van der Waals surface area contributed by atoms with Gasteiger partial charge in [0.2, 0.25) is 0 Å². The first kappa shape index (κ1) is 12.2. The molecule has 1 aromatic carbocycles. The first-order valence-corrected chi connectivity index (χ1v) is 6.31. The van der Waals surface area contributed by atoms with Gasteiger partial charge < -0.3 is 15.5 Å². The zero-order valence-corrected chi connectivity index (χ0v) is 10.6. The third-order valence-electron chi connectivity index (χ3n) is 3.77. The van der Waals surface area contributed by atoms with E-state index in [0.29, 0.717) is 5.92 Å². The molecule has 3 N–H and O–H groups in total. The van der Waals surface area contributed by atoms with Crippen LogP contribution in [0.25, 0.3) is 0 Å². The van der Waals surface area contributed by atoms with E-state index in [1.165, 1.54) is 12.8 Å². The van der Waals surface area contributed by atoms with Gasteiger partial charge in [-0.15, -0.1) is 0 Å². The molecule has 1 aliphatic rings. The summed E-state index contributed by atoms with van der Waals surface area (Å²) >= 11 is 0. The summed E-state index contributed by atoms with van der Waals surface area (Å²) in [5, 5.41) is 23.2. The summed E-state index contributed by atoms with van der Waals surface area (Å²) in [6.45, 7) is 5.90. The van der Waals surface area contributed by atoms with E-state index in [1.54, 1.807) is 0 Å². The summed E-state index contributed by atoms with van der Waals surface area (Å²) < 4.78 is 0. The van der Waals surface area contributed by atoms with Gasteiger partial charge in [0.25, 0.3) is 0 Å². The van der Waals surface area contributed by atoms with Gasteiger partial charge in [0.05, 0.1) is 0 Å². The number of aryl methyl sites for hydroxylation is 1. The number of phenols is 2. The van der Waals surface area contributed by atoms with Crippen molar-refractivity contribution in [1.29, 1.82) is 0 Å². The fourth-order valence-corrected chi connectivity index (χ4v) is 2.52. The molecule has 2 rings (SSSR count). The largest absolute Gasteiger partial charge is 0.504 e. The van der Waals surface area contributed by atoms with Crippen molar-refractivity contribution in [3.8, 4) is 11.5 Å². The first-order valence-electron chi connectivity index (χ1n) is 6.31. The molecule has 1 aliphatic heterocycles. The summed E-state index contributed by atoms with van der Waals surface area (Å²) in [7, 11) is 0. The van der Waals surface area contributed by atoms with Crippen LogP contribution in [0.4, 0.5) is 0 Å². The van der Waals surface area contributed by atoms with E-state index in [0.717, 1.165) is 36.2 Å². The maximum absolute atomic E-state index is 9.96. The Balaban J connectivity index is 2.20. The van der Waals surface area contributed by atoms with E-state index in [4.69, 9.17) is 0 Å². The van der Waals surface area contributed by atoms with Gasteiger partial charge in [-0.3, -0.25) is 0 Å². The fraction of sp³-hybridized carbons (Fsp3) is 0.571. The van der Waals surface area contributed by atoms with Crippen LogP contribution in [0.3, 0.4) is 0 Å². The van der Waals surface area contributed by atoms with Gasteiger partial charge >= 0.3 is 0 Å². The Labute approximate surface area is 102 Å². The van der Waals surface area contributed by atoms with Crippen molar-refractivity contribution < 1.29 is 10.2 Å². The summed E-state index contributed by atoms with van der Waals surface area (Å²) in [5.41, 5.74) is 2.69. The van der Waals surface area contributed by atoms with Crippen molar-refractivity contribution in [2.75, 3.05) is 13.1 Å². The van der Waals surface area contributed by atoms with E-state index in [-0.39, 0.29) is 11.5 Å². The van der Waals surface area contributed by atoms with Gasteiger partial charge in [-0.05, 0) is 68.8 Å². The summed E-state index contributed by atoms with van der Waals surface area (Å²) in [6, 6.07) is 2.00. The van der Waals surface area contributed by atoms with Crippen LogP contribution in [0.15, 0.2) is 6.07 Å². The molecule has 0 amide bonds. The number of aromatic hydroxyl groups is 2. The van der Waals surface area contributed by atoms with Crippen molar-refractivity contribution in [2.45, 2.75) is 33.1 Å². The van der Waals surface area contributed by atoms with Gasteiger partial charge in [-0.1, -0.05) is 6.07 Å². The number of rotatable bonds is 2. The van der Waals surface area contributed by atoms with Crippen LogP contribution >= 0.6 is 0 Å². The molecule has 1 atom stereocenters. The molecule has 3 nitrogen and oxygen atoms in total. The molecule has 1 heterocycles. The minimum atomic E-state index is 0.0452. The Kier molecular flexibility index (Phi) is 3.57. The molecule has 17 heavy (non-hydrogen) atoms. The molecule has 0 bridgehead atoms. The van der Waals surface area contributed by atoms with Crippen LogP contribution in [0, 0.1) is 19.8 Å². The van der Waals surface area contributed by atoms with Gasteiger partial charge in [-0.2, -0.15) is 0 Å². The molecule has 1 aromatic rings. The number of benzene rings is 1. The lowest BCUT2D eigenvalue weighted by Gasteiger charge is -2.23. The minimum Gasteiger partial charge on any atom is -0.504 e. The van der Waals surface area contributed by atoms with E-state index < -0.39 is 0 Å². The van der Waals surface area contributed by atoms with Crippen LogP contribution in [0.1, 0.15) is 29.5 Å². The second-order valence-corrected chi connectivity index (χ2v) is 5.09. The average Bonchev–Trinajstić information content (AvgIpc) is 2.35. The Morgan fingerprint density at radius 1 is 1.29 bits per heavy atom. The molecule has 1 unspecified atom stereocenters. The summed E-state index contributed by atoms with van der Waals surface area (Å²) in [6.07, 6.45) is 3.23. The molecule has 0 spiro atoms. The number of piperidine rings is 1. The van der Waals surface area contributed by atoms with Gasteiger partial charge in [0.15, 0.2) is 11.5 Å². The molecule has 0 aliphatic carbocycles. The van der Waals surface area contributed by atoms with Crippen molar-refractivity contribution in [2.24, 2.45) is 5.92 Å². The van der Waals surface area contributed by atoms with Crippen molar-refractivity contribution in [3.05, 3.63) is 22.8 Å². The third-order valence-corrected chi connectivity index (χ3v) is 3.77. The Morgan fingerprint density at radius 2 is 2.06 bits per heavy atom. The average molecular weight is 235 g/mol. The fourth-order valence-electron chi connectivity index (χ4n) is 2.52. The lowest BCUT2D eigenvalue weighted by Crippen LogP contribution is -2.30. The normalized spacial score (nSPS) is 20.5. The highest BCUT2D eigenvalue weighted by Gasteiger charge is 2.18. The van der Waals surface area contributed by atoms with Crippen LogP contribution in [-0.2, 0) is 6.42 Å². The van der Waals surface area contributed by atoms with Crippen LogP contribution < -0.4 is 5.32 Å². The third kappa shape index (κ3) is 2.55. The summed E-state index contributed by atoms with van der Waals surface area (Å²) in [5.74, 6) is 0.679. The number of phenolic OH excluding ortho intramolecular Hbond substituents is 2. The smallest absolute Gasteiger partial charge is 0.160 e. The number of hydrogen-bond acceptors (Lipinski definition) is 3. The molecule has 0 saturated carbocycles. The van der Waals surface area contributed by atoms with E-state index in [9.17, 15) is 10.2 Å². The first-order chi connectivity index (χ1) is 8.09.